The van der Waals surface area contributed by atoms with E-state index in [4.69, 9.17) is 11.5 Å². The Morgan fingerprint density at radius 2 is 2.29 bits per heavy atom. The highest BCUT2D eigenvalue weighted by atomic mass is 19.1. The number of hydrogen-bond donors (Lipinski definition) is 3. The van der Waals surface area contributed by atoms with Crippen LogP contribution in [0, 0.1) is 5.95 Å². The minimum Gasteiger partial charge on any atom is -0.395 e. The quantitative estimate of drug-likeness (QED) is 0.621. The molecule has 0 aliphatic rings. The highest BCUT2D eigenvalue weighted by Crippen LogP contribution is 2.19. The molecule has 0 aliphatic carbocycles. The van der Waals surface area contributed by atoms with E-state index in [1.54, 1.807) is 0 Å². The molecule has 1 heterocycles. The first-order chi connectivity index (χ1) is 6.56. The Hall–Kier alpha value is -1.20. The Labute approximate surface area is 81.8 Å². The van der Waals surface area contributed by atoms with Gasteiger partial charge in [0.15, 0.2) is 0 Å². The van der Waals surface area contributed by atoms with Gasteiger partial charge in [0.2, 0.25) is 5.95 Å². The summed E-state index contributed by atoms with van der Waals surface area (Å²) in [5.41, 5.74) is 11.3. The third-order valence-electron chi connectivity index (χ3n) is 2.11. The van der Waals surface area contributed by atoms with Crippen LogP contribution in [0.4, 0.5) is 10.1 Å². The molecule has 1 rings (SSSR count). The maximum Gasteiger partial charge on any atom is 0.236 e. The fourth-order valence-corrected chi connectivity index (χ4v) is 1.11. The van der Waals surface area contributed by atoms with Crippen LogP contribution in [0.2, 0.25) is 0 Å². The molecular weight excluding hydrogens is 185 g/mol. The summed E-state index contributed by atoms with van der Waals surface area (Å²) in [4.78, 5) is 3.41. The number of aliphatic hydroxyl groups excluding tert-OH is 1. The average molecular weight is 199 g/mol. The summed E-state index contributed by atoms with van der Waals surface area (Å²) in [7, 11) is 0. The summed E-state index contributed by atoms with van der Waals surface area (Å²) >= 11 is 0. The topological polar surface area (TPSA) is 85.2 Å². The molecular formula is C9H14FN3O. The Balaban J connectivity index is 2.91. The molecule has 0 radical (unpaired) electrons. The number of pyridine rings is 1. The molecule has 1 aromatic rings. The molecule has 5 N–H and O–H groups in total. The van der Waals surface area contributed by atoms with Crippen molar-refractivity contribution < 1.29 is 9.50 Å². The van der Waals surface area contributed by atoms with Gasteiger partial charge in [0, 0.05) is 17.8 Å². The second-order valence-electron chi connectivity index (χ2n) is 3.17. The van der Waals surface area contributed by atoms with E-state index in [-0.39, 0.29) is 11.7 Å². The molecule has 0 bridgehead atoms. The van der Waals surface area contributed by atoms with Crippen LogP contribution in [0.1, 0.15) is 25.0 Å². The molecule has 0 unspecified atom stereocenters. The summed E-state index contributed by atoms with van der Waals surface area (Å²) in [6.07, 6.45) is 1.01. The number of anilines is 1. The van der Waals surface area contributed by atoms with Gasteiger partial charge < -0.3 is 16.6 Å². The molecule has 0 aromatic carbocycles. The highest BCUT2D eigenvalue weighted by Gasteiger charge is 2.16. The van der Waals surface area contributed by atoms with Gasteiger partial charge >= 0.3 is 0 Å². The second-order valence-corrected chi connectivity index (χ2v) is 3.17. The number of nitrogens with two attached hydrogens (primary N) is 2. The number of hydrogen-bond acceptors (Lipinski definition) is 4. The van der Waals surface area contributed by atoms with Crippen LogP contribution in [-0.4, -0.2) is 16.1 Å². The molecule has 5 heteroatoms. The third kappa shape index (κ3) is 2.18. The van der Waals surface area contributed by atoms with Gasteiger partial charge in [-0.1, -0.05) is 6.92 Å². The van der Waals surface area contributed by atoms with E-state index >= 15 is 0 Å². The molecule has 1 aromatic heterocycles. The minimum atomic E-state index is -0.851. The van der Waals surface area contributed by atoms with E-state index in [1.165, 1.54) is 12.3 Å². The van der Waals surface area contributed by atoms with Crippen molar-refractivity contribution in [2.45, 2.75) is 25.5 Å². The molecule has 0 spiro atoms. The molecule has 0 aliphatic heterocycles. The Morgan fingerprint density at radius 1 is 1.64 bits per heavy atom. The zero-order valence-electron chi connectivity index (χ0n) is 7.94. The molecule has 2 atom stereocenters. The van der Waals surface area contributed by atoms with Gasteiger partial charge in [0.1, 0.15) is 0 Å². The number of aliphatic hydroxyl groups is 1. The first-order valence-corrected chi connectivity index (χ1v) is 4.40. The standard InChI is InChI=1S/C9H14FN3O/c1-2-6(11)8(14)5-3-7(12)9(10)13-4-5/h3-4,6,8,14H,2,11-12H2,1H3/t6-,8-/m1/s1. The monoisotopic (exact) mass is 199 g/mol. The van der Waals surface area contributed by atoms with Crippen LogP contribution in [0.3, 0.4) is 0 Å². The first-order valence-electron chi connectivity index (χ1n) is 4.40. The normalized spacial score (nSPS) is 15.1. The van der Waals surface area contributed by atoms with Crippen molar-refractivity contribution in [3.05, 3.63) is 23.8 Å². The van der Waals surface area contributed by atoms with Crippen molar-refractivity contribution in [2.24, 2.45) is 5.73 Å². The number of aromatic nitrogens is 1. The van der Waals surface area contributed by atoms with Crippen LogP contribution < -0.4 is 11.5 Å². The first kappa shape index (κ1) is 10.9. The summed E-state index contributed by atoms with van der Waals surface area (Å²) in [6, 6.07) is 0.962. The third-order valence-corrected chi connectivity index (χ3v) is 2.11. The number of rotatable bonds is 3. The van der Waals surface area contributed by atoms with Crippen LogP contribution in [0.15, 0.2) is 12.3 Å². The van der Waals surface area contributed by atoms with Gasteiger partial charge in [-0.15, -0.1) is 0 Å². The lowest BCUT2D eigenvalue weighted by Crippen LogP contribution is -2.27. The summed E-state index contributed by atoms with van der Waals surface area (Å²) in [5, 5.41) is 9.66. The van der Waals surface area contributed by atoms with Gasteiger partial charge in [-0.25, -0.2) is 4.98 Å². The zero-order chi connectivity index (χ0) is 10.7. The maximum absolute atomic E-state index is 12.7. The number of nitrogens with zero attached hydrogens (tertiary/aromatic N) is 1. The zero-order valence-corrected chi connectivity index (χ0v) is 7.94. The van der Waals surface area contributed by atoms with Crippen LogP contribution in [-0.2, 0) is 0 Å². The van der Waals surface area contributed by atoms with Crippen molar-refractivity contribution in [3.8, 4) is 0 Å². The minimum absolute atomic E-state index is 0.0788. The lowest BCUT2D eigenvalue weighted by molar-refractivity contribution is 0.144. The number of halogens is 1. The second kappa shape index (κ2) is 4.34. The molecule has 0 amide bonds. The van der Waals surface area contributed by atoms with Crippen molar-refractivity contribution in [3.63, 3.8) is 0 Å². The van der Waals surface area contributed by atoms with E-state index in [0.29, 0.717) is 12.0 Å². The summed E-state index contributed by atoms with van der Waals surface area (Å²) in [6.45, 7) is 1.86. The van der Waals surface area contributed by atoms with Gasteiger partial charge in [0.05, 0.1) is 11.8 Å². The Morgan fingerprint density at radius 3 is 2.79 bits per heavy atom. The van der Waals surface area contributed by atoms with E-state index in [0.717, 1.165) is 0 Å². The van der Waals surface area contributed by atoms with E-state index in [2.05, 4.69) is 4.98 Å². The van der Waals surface area contributed by atoms with Gasteiger partial charge in [-0.3, -0.25) is 0 Å². The largest absolute Gasteiger partial charge is 0.395 e. The van der Waals surface area contributed by atoms with E-state index in [9.17, 15) is 9.50 Å². The molecule has 4 nitrogen and oxygen atoms in total. The summed E-state index contributed by atoms with van der Waals surface area (Å²) < 4.78 is 12.7. The predicted molar refractivity (Wildman–Crippen MR) is 51.8 cm³/mol. The lowest BCUT2D eigenvalue weighted by atomic mass is 10.0. The van der Waals surface area contributed by atoms with E-state index < -0.39 is 12.1 Å². The number of nitrogen functional groups attached to an aromatic ring is 1. The smallest absolute Gasteiger partial charge is 0.236 e. The fraction of sp³-hybridized carbons (Fsp3) is 0.444. The van der Waals surface area contributed by atoms with Gasteiger partial charge in [0.25, 0.3) is 0 Å². The van der Waals surface area contributed by atoms with Crippen molar-refractivity contribution in [1.82, 2.24) is 4.98 Å². The van der Waals surface area contributed by atoms with Crippen molar-refractivity contribution >= 4 is 5.69 Å². The van der Waals surface area contributed by atoms with Crippen LogP contribution >= 0.6 is 0 Å². The SMILES string of the molecule is CC[C@@H](N)[C@H](O)c1cnc(F)c(N)c1. The van der Waals surface area contributed by atoms with Crippen LogP contribution in [0.5, 0.6) is 0 Å². The summed E-state index contributed by atoms with van der Waals surface area (Å²) in [5.74, 6) is -0.731. The fourth-order valence-electron chi connectivity index (χ4n) is 1.11. The lowest BCUT2D eigenvalue weighted by Gasteiger charge is -2.17. The molecule has 78 valence electrons. The van der Waals surface area contributed by atoms with E-state index in [1.807, 2.05) is 6.92 Å². The Bertz CT molecular complexity index is 319. The predicted octanol–water partition coefficient (Wildman–Crippen LogP) is 0.574. The molecule has 14 heavy (non-hydrogen) atoms. The average Bonchev–Trinajstić information content (AvgIpc) is 2.20. The van der Waals surface area contributed by atoms with Gasteiger partial charge in [-0.2, -0.15) is 4.39 Å². The molecule has 0 saturated heterocycles. The van der Waals surface area contributed by atoms with Crippen molar-refractivity contribution in [2.75, 3.05) is 5.73 Å². The highest BCUT2D eigenvalue weighted by molar-refractivity contribution is 5.39. The molecule has 0 fully saturated rings. The Kier molecular flexibility index (Phi) is 3.38. The van der Waals surface area contributed by atoms with Crippen molar-refractivity contribution in [1.29, 1.82) is 0 Å². The molecule has 0 saturated carbocycles. The van der Waals surface area contributed by atoms with Crippen LogP contribution in [0.25, 0.3) is 0 Å². The maximum atomic E-state index is 12.7. The van der Waals surface area contributed by atoms with Gasteiger partial charge in [-0.05, 0) is 12.5 Å².